The lowest BCUT2D eigenvalue weighted by atomic mass is 9.92. The number of aryl methyl sites for hydroxylation is 3. The van der Waals surface area contributed by atoms with Gasteiger partial charge in [0, 0.05) is 158 Å². The zero-order valence-corrected chi connectivity index (χ0v) is 82.2. The highest BCUT2D eigenvalue weighted by Crippen LogP contribution is 2.39. The molecule has 19 rings (SSSR count). The Morgan fingerprint density at radius 2 is 0.801 bits per heavy atom. The van der Waals surface area contributed by atoms with Crippen LogP contribution >= 0.6 is 24.0 Å². The zero-order chi connectivity index (χ0) is 95.0. The number of H-pyrrole nitrogens is 1. The monoisotopic (exact) mass is 1880 g/mol. The van der Waals surface area contributed by atoms with Crippen molar-refractivity contribution in [1.29, 1.82) is 0 Å². The van der Waals surface area contributed by atoms with Crippen LogP contribution in [-0.2, 0) is 41.7 Å². The van der Waals surface area contributed by atoms with E-state index in [2.05, 4.69) is 258 Å². The molecular weight excluding hydrogens is 1750 g/mol. The Balaban J connectivity index is 0.000000147. The summed E-state index contributed by atoms with van der Waals surface area (Å²) in [5, 5.41) is 35.7. The molecule has 4 aliphatic rings. The fourth-order valence-electron chi connectivity index (χ4n) is 16.4. The van der Waals surface area contributed by atoms with Crippen molar-refractivity contribution in [3.8, 4) is 51.4 Å². The van der Waals surface area contributed by atoms with Gasteiger partial charge in [0.25, 0.3) is 0 Å². The zero-order valence-electron chi connectivity index (χ0n) is 80.7. The number of nitrogens with zero attached hydrogens (tertiary/aromatic N) is 11. The van der Waals surface area contributed by atoms with Gasteiger partial charge in [-0.1, -0.05) is 219 Å². The number of anilines is 2. The number of hydrogen-bond acceptors (Lipinski definition) is 20. The minimum atomic E-state index is -0.141. The largest absolute Gasteiger partial charge is 0.507 e. The molecule has 4 aliphatic heterocycles. The summed E-state index contributed by atoms with van der Waals surface area (Å²) in [5.74, 6) is 6.12. The number of benzene rings is 11. The summed E-state index contributed by atoms with van der Waals surface area (Å²) in [5.41, 5.74) is 21.0. The van der Waals surface area contributed by atoms with Crippen LogP contribution in [0.2, 0.25) is 0 Å². The van der Waals surface area contributed by atoms with Crippen LogP contribution in [0.15, 0.2) is 231 Å². The van der Waals surface area contributed by atoms with E-state index in [0.717, 1.165) is 262 Å². The van der Waals surface area contributed by atoms with Crippen LogP contribution in [0, 0.1) is 20.8 Å². The van der Waals surface area contributed by atoms with Crippen molar-refractivity contribution in [2.45, 2.75) is 106 Å². The maximum absolute atomic E-state index is 11.1. The van der Waals surface area contributed by atoms with E-state index in [1.807, 2.05) is 82.2 Å². The fraction of sp³-hybridized carbons (Fsp3) is 0.364. The predicted octanol–water partition coefficient (Wildman–Crippen LogP) is 20.6. The summed E-state index contributed by atoms with van der Waals surface area (Å²) in [4.78, 5) is 39.9. The highest BCUT2D eigenvalue weighted by molar-refractivity contribution is 6.18. The van der Waals surface area contributed by atoms with Crippen molar-refractivity contribution >= 4 is 102 Å². The number of morpholine rings is 4. The second kappa shape index (κ2) is 48.1. The van der Waals surface area contributed by atoms with Gasteiger partial charge >= 0.3 is 0 Å². The number of carbonyl (C=O) groups is 2. The summed E-state index contributed by atoms with van der Waals surface area (Å²) in [6.07, 6.45) is 1.68. The molecule has 0 bridgehead atoms. The second-order valence-electron chi connectivity index (χ2n) is 37.5. The lowest BCUT2D eigenvalue weighted by molar-refractivity contribution is 0.0322. The molecule has 0 radical (unpaired) electrons. The molecule has 0 unspecified atom stereocenters. The van der Waals surface area contributed by atoms with Gasteiger partial charge < -0.3 is 54.3 Å². The summed E-state index contributed by atoms with van der Waals surface area (Å²) in [6, 6.07) is 76.6. The minimum Gasteiger partial charge on any atom is -0.507 e. The molecular formula is C110H132Cl2N14O10. The average Bonchev–Trinajstić information content (AvgIpc) is 1.58. The first kappa shape index (κ1) is 101. The number of halogens is 2. The Morgan fingerprint density at radius 3 is 1.25 bits per heavy atom. The van der Waals surface area contributed by atoms with Crippen LogP contribution in [0.3, 0.4) is 0 Å². The Bertz CT molecular complexity index is 6370. The molecule has 8 heterocycles. The number of aromatic hydroxyl groups is 1. The van der Waals surface area contributed by atoms with Crippen LogP contribution in [0.1, 0.15) is 122 Å². The third kappa shape index (κ3) is 26.8. The molecule has 15 aromatic rings. The highest BCUT2D eigenvalue weighted by Gasteiger charge is 2.29. The molecule has 0 atom stereocenters. The quantitative estimate of drug-likeness (QED) is 0.0343. The lowest BCUT2D eigenvalue weighted by Gasteiger charge is -2.26. The molecule has 4 fully saturated rings. The Hall–Kier alpha value is -12.0. The molecule has 4 saturated heterocycles. The molecule has 0 spiro atoms. The van der Waals surface area contributed by atoms with E-state index < -0.39 is 0 Å². The standard InChI is InChI=1S/C31H35N5O2.C31H38N4O2.C17H19NO3.C14H19N3.C11H8O2.C6H12ClNO.ClH/c1-21-9-11-22(12-10-21)36-30-27(28(34-36)31(2,3)4)32-29(33-30)25-13-14-26(24-8-6-5-7-23(24)25)38-20-17-35-15-18-37-19-16-35;1-23-9-12-25(13-10-23)35-30(21-29(33-35)31(2,3)4)32-22-24-11-14-28(27-8-6-5-7-26(24)27)37-20-17-34-15-18-36-19-16-34;19-13-14-5-6-17(16-4-2-1-3-15(14)16)21-12-9-18-7-10-20-11-8-18;1-10-5-7-11(8-6-10)17-13(15)9-12(16-17)14(2,3)4;12-7-8-5-6-11(13)10-4-2-1-3-9(8)10;7-1-2-8-3-5-9-6-4-8;/h5-14H,15-20H2,1-4H3,(H,32,33);5-14,21,32H,15-20,22H2,1-4H3;1-6,13H,7-12H2;5-9H,15H2,1-4H3;1-7,13H;1-6H2;1H. The second-order valence-corrected chi connectivity index (χ2v) is 37.9. The van der Waals surface area contributed by atoms with E-state index in [0.29, 0.717) is 48.7 Å². The number of carbonyl (C=O) groups excluding carboxylic acids is 2. The number of aromatic nitrogens is 8. The molecule has 136 heavy (non-hydrogen) atoms. The number of rotatable bonds is 23. The van der Waals surface area contributed by atoms with E-state index in [1.165, 1.54) is 33.7 Å². The van der Waals surface area contributed by atoms with Crippen LogP contribution in [0.4, 0.5) is 11.6 Å². The Morgan fingerprint density at radius 1 is 0.426 bits per heavy atom. The molecule has 26 heteroatoms. The van der Waals surface area contributed by atoms with Gasteiger partial charge in [0.2, 0.25) is 0 Å². The number of nitrogens with two attached hydrogens (primary N) is 1. The van der Waals surface area contributed by atoms with Gasteiger partial charge in [-0.25, -0.2) is 19.0 Å². The molecule has 24 nitrogen and oxygen atoms in total. The third-order valence-corrected chi connectivity index (χ3v) is 24.5. The molecule has 0 aliphatic carbocycles. The van der Waals surface area contributed by atoms with Gasteiger partial charge in [0.05, 0.1) is 87.0 Å². The predicted molar refractivity (Wildman–Crippen MR) is 553 cm³/mol. The van der Waals surface area contributed by atoms with E-state index in [-0.39, 0.29) is 34.4 Å². The summed E-state index contributed by atoms with van der Waals surface area (Å²) < 4.78 is 45.6. The number of nitrogens with one attached hydrogen (secondary N) is 2. The maximum atomic E-state index is 11.1. The number of imidazole rings is 1. The summed E-state index contributed by atoms with van der Waals surface area (Å²) >= 11 is 5.55. The van der Waals surface area contributed by atoms with Gasteiger partial charge in [-0.3, -0.25) is 29.2 Å². The fourth-order valence-corrected chi connectivity index (χ4v) is 16.7. The van der Waals surface area contributed by atoms with Crippen molar-refractivity contribution in [2.24, 2.45) is 0 Å². The first-order valence-electron chi connectivity index (χ1n) is 47.0. The van der Waals surface area contributed by atoms with Crippen molar-refractivity contribution in [3.05, 3.63) is 281 Å². The number of phenols is 1. The number of hydrogen-bond donors (Lipinski definition) is 4. The van der Waals surface area contributed by atoms with E-state index in [9.17, 15) is 14.7 Å². The molecule has 5 N–H and O–H groups in total. The van der Waals surface area contributed by atoms with Crippen LogP contribution in [0.5, 0.6) is 23.0 Å². The smallest absolute Gasteiger partial charge is 0.181 e. The maximum Gasteiger partial charge on any atom is 0.181 e. The normalized spacial score (nSPS) is 14.6. The van der Waals surface area contributed by atoms with Gasteiger partial charge in [-0.05, 0) is 127 Å². The van der Waals surface area contributed by atoms with Crippen LogP contribution < -0.4 is 25.3 Å². The lowest BCUT2D eigenvalue weighted by Crippen LogP contribution is -2.38. The number of ether oxygens (including phenoxy) is 7. The summed E-state index contributed by atoms with van der Waals surface area (Å²) in [7, 11) is 0. The third-order valence-electron chi connectivity index (χ3n) is 24.3. The number of fused-ring (bicyclic) bond motifs is 5. The van der Waals surface area contributed by atoms with E-state index >= 15 is 0 Å². The minimum absolute atomic E-state index is 0. The molecule has 4 aromatic heterocycles. The highest BCUT2D eigenvalue weighted by atomic mass is 35.5. The number of aldehydes is 2. The van der Waals surface area contributed by atoms with Gasteiger partial charge in [0.15, 0.2) is 18.2 Å². The number of nitrogen functional groups attached to an aromatic ring is 1. The Labute approximate surface area is 810 Å². The van der Waals surface area contributed by atoms with Crippen LogP contribution in [0.25, 0.3) is 82.7 Å². The number of aromatic amines is 1. The molecule has 11 aromatic carbocycles. The van der Waals surface area contributed by atoms with E-state index in [4.69, 9.17) is 65.7 Å². The average molecular weight is 1880 g/mol. The van der Waals surface area contributed by atoms with E-state index in [1.54, 1.807) is 16.8 Å². The molecule has 0 saturated carbocycles. The molecule has 716 valence electrons. The Kier molecular flexibility index (Phi) is 35.9. The van der Waals surface area contributed by atoms with Crippen LogP contribution in [-0.4, -0.2) is 234 Å². The van der Waals surface area contributed by atoms with Gasteiger partial charge in [-0.15, -0.1) is 24.0 Å². The van der Waals surface area contributed by atoms with Gasteiger partial charge in [0.1, 0.15) is 65.8 Å². The number of alkyl halides is 1. The topological polar surface area (TPSA) is 252 Å². The van der Waals surface area contributed by atoms with Crippen molar-refractivity contribution in [3.63, 3.8) is 0 Å². The van der Waals surface area contributed by atoms with Gasteiger partial charge in [-0.2, -0.15) is 15.3 Å². The SMILES string of the molecule is Cc1ccc(-n2nc(C(C)(C)C)c3[nH]c(-c4ccc(OCCN5CCOCC5)c5ccccc45)nc32)cc1.Cc1ccc(-n2nc(C(C)(C)C)cc2N)cc1.Cc1ccc(-n2nc(C(C)(C)C)cc2NCc2ccc(OCCN3CCOCC3)c3ccccc23)cc1.Cl.ClCCN1CCOCC1.O=Cc1ccc(O)c2ccccc12.O=Cc1ccc(OCCN2CCOCC2)c2ccccc12. The van der Waals surface area contributed by atoms with Crippen molar-refractivity contribution < 1.29 is 47.9 Å². The summed E-state index contributed by atoms with van der Waals surface area (Å²) in [6.45, 7) is 46.7. The first-order valence-corrected chi connectivity index (χ1v) is 47.5. The van der Waals surface area contributed by atoms with Crippen molar-refractivity contribution in [1.82, 2.24) is 58.9 Å². The molecule has 0 amide bonds. The van der Waals surface area contributed by atoms with Crippen molar-refractivity contribution in [2.75, 3.05) is 168 Å². The number of phenolic OH excluding ortho intramolecular Hbond substituents is 1. The first-order chi connectivity index (χ1) is 65.3.